The lowest BCUT2D eigenvalue weighted by atomic mass is 10.1. The van der Waals surface area contributed by atoms with Crippen LogP contribution >= 0.6 is 0 Å². The Morgan fingerprint density at radius 3 is 1.95 bits per heavy atom. The summed E-state index contributed by atoms with van der Waals surface area (Å²) in [7, 11) is 0. The van der Waals surface area contributed by atoms with E-state index in [-0.39, 0.29) is 50.2 Å². The zero-order valence-electron chi connectivity index (χ0n) is 36.9. The van der Waals surface area contributed by atoms with E-state index in [9.17, 15) is 4.11 Å². The van der Waals surface area contributed by atoms with Crippen molar-refractivity contribution in [2.75, 3.05) is 0 Å². The third kappa shape index (κ3) is 3.08. The molecule has 0 N–H and O–H groups in total. The average Bonchev–Trinajstić information content (AvgIpc) is 3.90. The first-order chi connectivity index (χ1) is 27.6. The van der Waals surface area contributed by atoms with Crippen LogP contribution in [0.5, 0.6) is 5.75 Å². The van der Waals surface area contributed by atoms with Gasteiger partial charge < -0.3 is 13.9 Å². The van der Waals surface area contributed by atoms with E-state index in [1.807, 2.05) is 28.8 Å². The highest BCUT2D eigenvalue weighted by Crippen LogP contribution is 2.38. The van der Waals surface area contributed by atoms with Crippen molar-refractivity contribution < 1.29 is 25.3 Å². The van der Waals surface area contributed by atoms with Crippen LogP contribution in [0.25, 0.3) is 71.7 Å². The number of benzene rings is 6. The van der Waals surface area contributed by atoms with Crippen LogP contribution in [0.3, 0.4) is 0 Å². The zero-order chi connectivity index (χ0) is 41.1. The Bertz CT molecular complexity index is 3350. The Kier molecular flexibility index (Phi) is 2.53. The molecule has 0 radical (unpaired) electrons. The number of nitrogens with zero attached hydrogens (tertiary/aromatic N) is 4. The molecule has 0 saturated heterocycles. The molecule has 5 heteroatoms. The van der Waals surface area contributed by atoms with Crippen molar-refractivity contribution >= 4 is 54.6 Å². The average molecular weight is 568 g/mol. The second-order valence-electron chi connectivity index (χ2n) is 10.1. The third-order valence-electron chi connectivity index (χ3n) is 7.83. The first-order valence-corrected chi connectivity index (χ1v) is 13.4. The maximum atomic E-state index is 9.78. The van der Waals surface area contributed by atoms with E-state index in [1.54, 1.807) is 18.2 Å². The lowest BCUT2D eigenvalue weighted by Gasteiger charge is -2.19. The van der Waals surface area contributed by atoms with Crippen molar-refractivity contribution in [3.63, 3.8) is 0 Å². The molecule has 3 aromatic heterocycles. The van der Waals surface area contributed by atoms with E-state index in [2.05, 4.69) is 0 Å². The van der Waals surface area contributed by atoms with Crippen molar-refractivity contribution in [1.82, 2.24) is 18.7 Å². The summed E-state index contributed by atoms with van der Waals surface area (Å²) in [5, 5.41) is -0.933. The van der Waals surface area contributed by atoms with E-state index < -0.39 is 96.3 Å². The van der Waals surface area contributed by atoms with Gasteiger partial charge in [-0.25, -0.2) is 4.98 Å². The molecule has 43 heavy (non-hydrogen) atoms. The van der Waals surface area contributed by atoms with Crippen LogP contribution in [0.1, 0.15) is 26.4 Å². The normalized spacial score (nSPS) is 17.6. The van der Waals surface area contributed by atoms with Crippen LogP contribution in [0, 0.1) is 0 Å². The molecular weight excluding hydrogens is 528 g/mol. The van der Waals surface area contributed by atoms with Crippen LogP contribution in [0.4, 0.5) is 0 Å². The highest BCUT2D eigenvalue weighted by atomic mass is 16.5. The van der Waals surface area contributed by atoms with E-state index in [0.29, 0.717) is 28.3 Å². The van der Waals surface area contributed by atoms with Gasteiger partial charge in [-0.05, 0) is 66.6 Å². The fourth-order valence-corrected chi connectivity index (χ4v) is 6.05. The fourth-order valence-electron chi connectivity index (χ4n) is 6.05. The number of hydrogen-bond donors (Lipinski definition) is 0. The van der Waals surface area contributed by atoms with Gasteiger partial charge in [-0.1, -0.05) is 66.5 Å². The molecule has 9 aromatic rings. The van der Waals surface area contributed by atoms with Crippen LogP contribution in [-0.2, 0) is 6.61 Å². The molecule has 0 bridgehead atoms. The minimum absolute atomic E-state index is 0.109. The van der Waals surface area contributed by atoms with Gasteiger partial charge in [0.25, 0.3) is 0 Å². The summed E-state index contributed by atoms with van der Waals surface area (Å²) in [5.41, 5.74) is 0.787. The molecule has 202 valence electrons. The summed E-state index contributed by atoms with van der Waals surface area (Å²) in [6.45, 7) is 0.176. The van der Waals surface area contributed by atoms with Crippen molar-refractivity contribution in [2.24, 2.45) is 0 Å². The molecule has 0 atom stereocenters. The minimum atomic E-state index is -0.709. The molecular formula is C38H24N4O. The zero-order valence-corrected chi connectivity index (χ0v) is 21.9. The third-order valence-corrected chi connectivity index (χ3v) is 7.83. The maximum absolute atomic E-state index is 9.78. The van der Waals surface area contributed by atoms with Crippen molar-refractivity contribution in [1.29, 1.82) is 0 Å². The first-order valence-electron chi connectivity index (χ1n) is 20.9. The molecule has 6 aromatic carbocycles. The van der Waals surface area contributed by atoms with Crippen LogP contribution < -0.4 is 4.74 Å². The lowest BCUT2D eigenvalue weighted by Crippen LogP contribution is -2.12. The number of para-hydroxylation sites is 5. The summed E-state index contributed by atoms with van der Waals surface area (Å²) in [5.74, 6) is 1.26. The number of ether oxygens (including phenoxy) is 1. The molecule has 0 saturated carbocycles. The maximum Gasteiger partial charge on any atom is 0.152 e. The Morgan fingerprint density at radius 2 is 1.21 bits per heavy atom. The number of imidazole rings is 1. The Balaban J connectivity index is 1.39. The van der Waals surface area contributed by atoms with E-state index >= 15 is 0 Å². The van der Waals surface area contributed by atoms with Gasteiger partial charge in [0.2, 0.25) is 0 Å². The summed E-state index contributed by atoms with van der Waals surface area (Å²) in [6.07, 6.45) is 0. The minimum Gasteiger partial charge on any atom is -0.483 e. The van der Waals surface area contributed by atoms with E-state index in [0.717, 1.165) is 10.3 Å². The summed E-state index contributed by atoms with van der Waals surface area (Å²) in [4.78, 5) is 4.80. The molecule has 0 spiro atoms. The molecule has 4 heterocycles. The van der Waals surface area contributed by atoms with Crippen molar-refractivity contribution in [3.05, 3.63) is 139 Å². The highest BCUT2D eigenvalue weighted by Gasteiger charge is 2.22. The largest absolute Gasteiger partial charge is 0.483 e. The summed E-state index contributed by atoms with van der Waals surface area (Å²) in [6, 6.07) is 3.14. The van der Waals surface area contributed by atoms with Gasteiger partial charge >= 0.3 is 0 Å². The van der Waals surface area contributed by atoms with Gasteiger partial charge in [0.15, 0.2) is 5.82 Å². The predicted molar refractivity (Wildman–Crippen MR) is 174 cm³/mol. The Hall–Kier alpha value is -5.81. The van der Waals surface area contributed by atoms with Crippen LogP contribution in [0.2, 0.25) is 0 Å². The van der Waals surface area contributed by atoms with E-state index in [1.165, 1.54) is 4.57 Å². The molecule has 1 aliphatic heterocycles. The number of fused-ring (bicyclic) bond motifs is 11. The Labute approximate surface area is 267 Å². The van der Waals surface area contributed by atoms with Gasteiger partial charge in [0, 0.05) is 32.9 Å². The fraction of sp³-hybridized carbons (Fsp3) is 0.0263. The number of hydrogen-bond acceptors (Lipinski definition) is 2. The summed E-state index contributed by atoms with van der Waals surface area (Å²) < 4.78 is 144. The van der Waals surface area contributed by atoms with Crippen molar-refractivity contribution in [3.8, 4) is 22.8 Å². The van der Waals surface area contributed by atoms with E-state index in [4.69, 9.17) is 26.2 Å². The molecule has 0 amide bonds. The molecule has 0 unspecified atom stereocenters. The number of aromatic nitrogens is 4. The molecule has 0 aliphatic carbocycles. The van der Waals surface area contributed by atoms with Gasteiger partial charge in [0.05, 0.1) is 59.3 Å². The molecule has 1 aliphatic rings. The quantitative estimate of drug-likeness (QED) is 0.209. The highest BCUT2D eigenvalue weighted by molar-refractivity contribution is 6.12. The van der Waals surface area contributed by atoms with Crippen LogP contribution in [0.15, 0.2) is 133 Å². The van der Waals surface area contributed by atoms with Gasteiger partial charge in [-0.3, -0.25) is 4.57 Å². The molecule has 10 rings (SSSR count). The lowest BCUT2D eigenvalue weighted by molar-refractivity contribution is 0.280. The second-order valence-corrected chi connectivity index (χ2v) is 10.1. The topological polar surface area (TPSA) is 36.9 Å². The number of rotatable bonds is 2. The summed E-state index contributed by atoms with van der Waals surface area (Å²) >= 11 is 0. The second kappa shape index (κ2) is 8.37. The molecule has 5 nitrogen and oxygen atoms in total. The van der Waals surface area contributed by atoms with Gasteiger partial charge in [0.1, 0.15) is 12.4 Å². The van der Waals surface area contributed by atoms with Crippen LogP contribution in [-0.4, -0.2) is 18.7 Å². The standard InChI is InChI=1S/C38H24N4O/c1-4-12-31-26(9-1)27-10-2-5-13-32(27)40(31)24-17-19-34-29(21-24)28-11-3-6-14-33(28)41(34)25-18-20-35-30(22-25)39-38-23-43-37-16-8-7-15-36(37)42(35)38/h1-22H,23H2/i1D,2D,3D,4D,5D,6D,9D,10D,11D,12D,13D,14D,17D,19D,21D. The SMILES string of the molecule is [2H]c1c([2H])c([2H])c2c(c1[2H])c1c([2H])c(-n3c4c([2H])c([2H])c([2H])c([2H])c4c4c([2H])c([2H])c([2H])c([2H])c43)c([2H])c([2H])c1n2-c1ccc2c(c1)nc1n2-c2ccccc2OC1. The van der Waals surface area contributed by atoms with Gasteiger partial charge in [-0.15, -0.1) is 0 Å². The Morgan fingerprint density at radius 1 is 0.581 bits per heavy atom. The monoisotopic (exact) mass is 567 g/mol. The van der Waals surface area contributed by atoms with Crippen molar-refractivity contribution in [2.45, 2.75) is 6.61 Å². The molecule has 0 fully saturated rings. The predicted octanol–water partition coefficient (Wildman–Crippen LogP) is 9.11. The smallest absolute Gasteiger partial charge is 0.152 e. The first kappa shape index (κ1) is 13.0. The van der Waals surface area contributed by atoms with Gasteiger partial charge in [-0.2, -0.15) is 0 Å².